The molecule has 10 nitrogen and oxygen atoms in total. The van der Waals surface area contributed by atoms with Gasteiger partial charge in [0.25, 0.3) is 17.5 Å². The van der Waals surface area contributed by atoms with Crippen LogP contribution in [0.3, 0.4) is 0 Å². The van der Waals surface area contributed by atoms with Crippen molar-refractivity contribution in [3.05, 3.63) is 93.0 Å². The molecule has 1 N–H and O–H groups in total. The number of nitro groups is 1. The molecule has 2 aromatic carbocycles. The Morgan fingerprint density at radius 1 is 1.19 bits per heavy atom. The molecule has 182 valence electrons. The number of pyridine rings is 1. The van der Waals surface area contributed by atoms with Gasteiger partial charge in [-0.3, -0.25) is 25.1 Å². The minimum atomic E-state index is -0.549. The highest BCUT2D eigenvalue weighted by Crippen LogP contribution is 2.35. The molecule has 36 heavy (non-hydrogen) atoms. The number of thioether (sulfide) groups is 1. The summed E-state index contributed by atoms with van der Waals surface area (Å²) in [7, 11) is 0. The van der Waals surface area contributed by atoms with Crippen LogP contribution in [0, 0.1) is 10.1 Å². The van der Waals surface area contributed by atoms with E-state index in [0.29, 0.717) is 34.1 Å². The number of amides is 2. The van der Waals surface area contributed by atoms with Crippen molar-refractivity contribution in [3.63, 3.8) is 0 Å². The predicted octanol–water partition coefficient (Wildman–Crippen LogP) is 4.73. The molecule has 0 unspecified atom stereocenters. The lowest BCUT2D eigenvalue weighted by atomic mass is 10.2. The molecule has 1 fully saturated rings. The molecule has 1 aliphatic rings. The third kappa shape index (κ3) is 5.67. The average Bonchev–Trinajstić information content (AvgIpc) is 3.13. The number of aromatic nitrogens is 1. The summed E-state index contributed by atoms with van der Waals surface area (Å²) >= 11 is 6.34. The quantitative estimate of drug-likeness (QED) is 0.194. The number of nitrogens with one attached hydrogen (secondary N) is 1. The molecule has 1 aromatic heterocycles. The summed E-state index contributed by atoms with van der Waals surface area (Å²) in [5.74, 6) is -0.0163. The minimum absolute atomic E-state index is 0.153. The maximum Gasteiger partial charge on any atom is 0.287 e. The standard InChI is InChI=1S/C24H18N4O6S2/c1-2-33-19-12-15(8-10-18(19)34-21-11-9-17(14-25-21)28(31)32)13-20-23(30)27(24(35)36-20)26-22(29)16-6-4-3-5-7-16/h3-14H,2H2,1H3,(H,26,29)/b20-13-. The van der Waals surface area contributed by atoms with Crippen molar-refractivity contribution in [1.29, 1.82) is 0 Å². The van der Waals surface area contributed by atoms with Crippen LogP contribution >= 0.6 is 24.0 Å². The molecule has 0 saturated carbocycles. The molecule has 1 aliphatic heterocycles. The van der Waals surface area contributed by atoms with E-state index in [0.717, 1.165) is 23.0 Å². The van der Waals surface area contributed by atoms with E-state index < -0.39 is 16.7 Å². The highest BCUT2D eigenvalue weighted by molar-refractivity contribution is 8.26. The molecule has 3 aromatic rings. The van der Waals surface area contributed by atoms with Gasteiger partial charge < -0.3 is 9.47 Å². The van der Waals surface area contributed by atoms with E-state index in [1.807, 2.05) is 0 Å². The molecular formula is C24H18N4O6S2. The van der Waals surface area contributed by atoms with Gasteiger partial charge in [0.05, 0.1) is 16.4 Å². The van der Waals surface area contributed by atoms with Crippen LogP contribution in [0.2, 0.25) is 0 Å². The molecule has 0 aliphatic carbocycles. The van der Waals surface area contributed by atoms with Crippen LogP contribution in [0.4, 0.5) is 5.69 Å². The van der Waals surface area contributed by atoms with E-state index in [-0.39, 0.29) is 15.9 Å². The van der Waals surface area contributed by atoms with E-state index in [2.05, 4.69) is 10.4 Å². The van der Waals surface area contributed by atoms with Crippen LogP contribution in [-0.2, 0) is 4.79 Å². The number of thiocarbonyl (C=S) groups is 1. The van der Waals surface area contributed by atoms with Crippen LogP contribution in [0.1, 0.15) is 22.8 Å². The van der Waals surface area contributed by atoms with Crippen molar-refractivity contribution in [2.24, 2.45) is 0 Å². The minimum Gasteiger partial charge on any atom is -0.490 e. The zero-order chi connectivity index (χ0) is 25.7. The Bertz CT molecular complexity index is 1360. The fraction of sp³-hybridized carbons (Fsp3) is 0.0833. The molecule has 1 saturated heterocycles. The number of nitrogens with zero attached hydrogens (tertiary/aromatic N) is 3. The number of benzene rings is 2. The van der Waals surface area contributed by atoms with Gasteiger partial charge in [-0.15, -0.1) is 0 Å². The first-order valence-electron chi connectivity index (χ1n) is 10.5. The van der Waals surface area contributed by atoms with E-state index >= 15 is 0 Å². The van der Waals surface area contributed by atoms with Gasteiger partial charge in [-0.05, 0) is 55.0 Å². The lowest BCUT2D eigenvalue weighted by Gasteiger charge is -2.15. The monoisotopic (exact) mass is 522 g/mol. The van der Waals surface area contributed by atoms with Gasteiger partial charge in [0.15, 0.2) is 15.8 Å². The molecular weight excluding hydrogens is 504 g/mol. The number of carbonyl (C=O) groups excluding carboxylic acids is 2. The molecule has 2 heterocycles. The SMILES string of the molecule is CCOc1cc(/C=C2\SC(=S)N(NC(=O)c3ccccc3)C2=O)ccc1Oc1ccc([N+](=O)[O-])cn1. The average molecular weight is 523 g/mol. The van der Waals surface area contributed by atoms with Crippen molar-refractivity contribution < 1.29 is 24.0 Å². The first-order chi connectivity index (χ1) is 17.4. The molecule has 12 heteroatoms. The van der Waals surface area contributed by atoms with Crippen molar-refractivity contribution >= 4 is 51.9 Å². The number of ether oxygens (including phenoxy) is 2. The Morgan fingerprint density at radius 2 is 1.97 bits per heavy atom. The first kappa shape index (κ1) is 24.8. The molecule has 4 rings (SSSR count). The molecule has 0 atom stereocenters. The van der Waals surface area contributed by atoms with E-state index in [9.17, 15) is 19.7 Å². The van der Waals surface area contributed by atoms with Gasteiger partial charge in [-0.25, -0.2) is 4.98 Å². The number of hydrazine groups is 1. The second-order valence-electron chi connectivity index (χ2n) is 7.18. The van der Waals surface area contributed by atoms with Gasteiger partial charge in [-0.2, -0.15) is 5.01 Å². The van der Waals surface area contributed by atoms with Crippen LogP contribution in [-0.4, -0.2) is 37.7 Å². The van der Waals surface area contributed by atoms with Gasteiger partial charge in [0, 0.05) is 17.7 Å². The van der Waals surface area contributed by atoms with Crippen molar-refractivity contribution in [3.8, 4) is 17.4 Å². The van der Waals surface area contributed by atoms with E-state index in [4.69, 9.17) is 21.7 Å². The van der Waals surface area contributed by atoms with Gasteiger partial charge in [0.2, 0.25) is 5.88 Å². The lowest BCUT2D eigenvalue weighted by Crippen LogP contribution is -2.44. The van der Waals surface area contributed by atoms with Crippen LogP contribution in [0.5, 0.6) is 17.4 Å². The Labute approximate surface area is 215 Å². The van der Waals surface area contributed by atoms with Crippen molar-refractivity contribution in [2.45, 2.75) is 6.92 Å². The maximum atomic E-state index is 12.9. The third-order valence-electron chi connectivity index (χ3n) is 4.75. The topological polar surface area (TPSA) is 124 Å². The Morgan fingerprint density at radius 3 is 2.64 bits per heavy atom. The van der Waals surface area contributed by atoms with Crippen molar-refractivity contribution in [2.75, 3.05) is 6.61 Å². The summed E-state index contributed by atoms with van der Waals surface area (Å²) in [6.45, 7) is 2.16. The van der Waals surface area contributed by atoms with E-state index in [1.165, 1.54) is 12.1 Å². The Hall–Kier alpha value is -4.29. The third-order valence-corrected chi connectivity index (χ3v) is 6.06. The molecule has 0 bridgehead atoms. The van der Waals surface area contributed by atoms with Gasteiger partial charge in [0.1, 0.15) is 6.20 Å². The number of hydrogen-bond donors (Lipinski definition) is 1. The van der Waals surface area contributed by atoms with Crippen LogP contribution in [0.15, 0.2) is 71.8 Å². The molecule has 0 radical (unpaired) electrons. The lowest BCUT2D eigenvalue weighted by molar-refractivity contribution is -0.385. The second-order valence-corrected chi connectivity index (χ2v) is 8.85. The summed E-state index contributed by atoms with van der Waals surface area (Å²) < 4.78 is 11.6. The summed E-state index contributed by atoms with van der Waals surface area (Å²) in [6.07, 6.45) is 2.73. The fourth-order valence-corrected chi connectivity index (χ4v) is 4.27. The predicted molar refractivity (Wildman–Crippen MR) is 137 cm³/mol. The van der Waals surface area contributed by atoms with Gasteiger partial charge in [-0.1, -0.05) is 36.0 Å². The van der Waals surface area contributed by atoms with Crippen LogP contribution < -0.4 is 14.9 Å². The zero-order valence-corrected chi connectivity index (χ0v) is 20.4. The van der Waals surface area contributed by atoms with Crippen LogP contribution in [0.25, 0.3) is 6.08 Å². The smallest absolute Gasteiger partial charge is 0.287 e. The molecule has 0 spiro atoms. The summed E-state index contributed by atoms with van der Waals surface area (Å²) in [5.41, 5.74) is 3.42. The first-order valence-corrected chi connectivity index (χ1v) is 11.8. The number of hydrogen-bond acceptors (Lipinski definition) is 9. The second kappa shape index (κ2) is 11.0. The summed E-state index contributed by atoms with van der Waals surface area (Å²) in [4.78, 5) is 39.9. The highest BCUT2D eigenvalue weighted by Gasteiger charge is 2.33. The number of carbonyl (C=O) groups is 2. The zero-order valence-electron chi connectivity index (χ0n) is 18.7. The Balaban J connectivity index is 1.52. The fourth-order valence-electron chi connectivity index (χ4n) is 3.09. The van der Waals surface area contributed by atoms with E-state index in [1.54, 1.807) is 61.5 Å². The summed E-state index contributed by atoms with van der Waals surface area (Å²) in [5, 5.41) is 11.9. The largest absolute Gasteiger partial charge is 0.490 e. The highest BCUT2D eigenvalue weighted by atomic mass is 32.2. The van der Waals surface area contributed by atoms with Gasteiger partial charge >= 0.3 is 0 Å². The molecule has 2 amide bonds. The van der Waals surface area contributed by atoms with Crippen molar-refractivity contribution in [1.82, 2.24) is 15.4 Å². The summed E-state index contributed by atoms with van der Waals surface area (Å²) in [6, 6.07) is 16.2. The number of rotatable bonds is 8. The maximum absolute atomic E-state index is 12.9. The normalized spacial score (nSPS) is 14.1. The Kier molecular flexibility index (Phi) is 7.56.